The number of aromatic amines is 1. The molecule has 4 heterocycles. The summed E-state index contributed by atoms with van der Waals surface area (Å²) in [5.74, 6) is -0.334. The van der Waals surface area contributed by atoms with Crippen LogP contribution in [-0.4, -0.2) is 44.1 Å². The molecule has 5 rings (SSSR count). The van der Waals surface area contributed by atoms with Crippen molar-refractivity contribution < 1.29 is 7.54 Å². The zero-order valence-corrected chi connectivity index (χ0v) is 17.0. The van der Waals surface area contributed by atoms with E-state index in [1.807, 2.05) is 29.2 Å². The Morgan fingerprint density at radius 3 is 2.81 bits per heavy atom. The van der Waals surface area contributed by atoms with Crippen LogP contribution in [0.15, 0.2) is 61.2 Å². The molecule has 0 unspecified atom stereocenters. The number of hydrogen-bond acceptors (Lipinski definition) is 5. The highest BCUT2D eigenvalue weighted by Crippen LogP contribution is 2.26. The Kier molecular flexibility index (Phi) is 4.78. The van der Waals surface area contributed by atoms with Crippen molar-refractivity contribution >= 4 is 22.5 Å². The van der Waals surface area contributed by atoms with Crippen LogP contribution in [0.3, 0.4) is 0 Å². The highest BCUT2D eigenvalue weighted by molar-refractivity contribution is 6.11. The van der Waals surface area contributed by atoms with Crippen LogP contribution < -0.4 is 5.32 Å². The second-order valence-corrected chi connectivity index (χ2v) is 7.65. The summed E-state index contributed by atoms with van der Waals surface area (Å²) in [4.78, 5) is 23.0. The molecule has 1 aliphatic rings. The molecular formula is C24H24N6O. The van der Waals surface area contributed by atoms with Gasteiger partial charge in [0.25, 0.3) is 5.91 Å². The first-order valence-corrected chi connectivity index (χ1v) is 10.4. The Labute approximate surface area is 183 Å². The molecule has 156 valence electrons. The second kappa shape index (κ2) is 8.65. The number of fused-ring (bicyclic) bond motifs is 1. The molecule has 0 radical (unpaired) electrons. The van der Waals surface area contributed by atoms with Crippen molar-refractivity contribution in [3.63, 3.8) is 0 Å². The van der Waals surface area contributed by atoms with E-state index < -0.39 is 6.50 Å². The quantitative estimate of drug-likeness (QED) is 0.510. The first-order valence-electron chi connectivity index (χ1n) is 11.4. The number of likely N-dealkylation sites (tertiary alicyclic amines) is 1. The van der Waals surface area contributed by atoms with Gasteiger partial charge in [-0.1, -0.05) is 12.5 Å². The van der Waals surface area contributed by atoms with Crippen LogP contribution in [-0.2, 0) is 6.50 Å². The van der Waals surface area contributed by atoms with E-state index in [1.165, 1.54) is 0 Å². The predicted molar refractivity (Wildman–Crippen MR) is 121 cm³/mol. The lowest BCUT2D eigenvalue weighted by molar-refractivity contribution is 0.102. The summed E-state index contributed by atoms with van der Waals surface area (Å²) in [6, 6.07) is 11.0. The van der Waals surface area contributed by atoms with Crippen LogP contribution in [0.2, 0.25) is 0 Å². The Hall–Kier alpha value is -3.58. The fraction of sp³-hybridized carbons (Fsp3) is 0.250. The van der Waals surface area contributed by atoms with E-state index in [0.29, 0.717) is 16.6 Å². The van der Waals surface area contributed by atoms with Crippen LogP contribution in [0, 0.1) is 0 Å². The lowest BCUT2D eigenvalue weighted by Gasteiger charge is -2.26. The van der Waals surface area contributed by atoms with Crippen molar-refractivity contribution in [3.05, 3.63) is 72.4 Å². The van der Waals surface area contributed by atoms with Crippen LogP contribution in [0.5, 0.6) is 0 Å². The second-order valence-electron chi connectivity index (χ2n) is 7.65. The predicted octanol–water partition coefficient (Wildman–Crippen LogP) is 4.26. The molecule has 31 heavy (non-hydrogen) atoms. The minimum absolute atomic E-state index is 0.281. The summed E-state index contributed by atoms with van der Waals surface area (Å²) in [5, 5.41) is 10.6. The third-order valence-corrected chi connectivity index (χ3v) is 5.41. The fourth-order valence-corrected chi connectivity index (χ4v) is 3.84. The number of nitrogens with zero attached hydrogens (tertiary/aromatic N) is 4. The number of rotatable bonds is 5. The van der Waals surface area contributed by atoms with E-state index >= 15 is 0 Å². The third-order valence-electron chi connectivity index (χ3n) is 5.41. The topological polar surface area (TPSA) is 86.8 Å². The van der Waals surface area contributed by atoms with E-state index in [1.54, 1.807) is 36.9 Å². The molecule has 0 saturated carbocycles. The minimum atomic E-state index is -1.59. The zero-order chi connectivity index (χ0) is 22.8. The maximum absolute atomic E-state index is 12.8. The number of anilines is 1. The van der Waals surface area contributed by atoms with Crippen molar-refractivity contribution in [2.24, 2.45) is 0 Å². The Morgan fingerprint density at radius 1 is 1.06 bits per heavy atom. The van der Waals surface area contributed by atoms with Crippen LogP contribution in [0.4, 0.5) is 5.69 Å². The number of carbonyl (C=O) groups is 1. The van der Waals surface area contributed by atoms with Gasteiger partial charge in [-0.25, -0.2) is 0 Å². The first-order chi connectivity index (χ1) is 16.0. The number of piperidine rings is 1. The number of nitrogens with one attached hydrogen (secondary N) is 2. The van der Waals surface area contributed by atoms with Crippen molar-refractivity contribution in [2.45, 2.75) is 25.8 Å². The van der Waals surface area contributed by atoms with Gasteiger partial charge in [-0.2, -0.15) is 5.10 Å². The molecule has 2 N–H and O–H groups in total. The van der Waals surface area contributed by atoms with E-state index in [0.717, 1.165) is 49.0 Å². The standard InChI is InChI=1S/C24H24N6O/c31-24(27-20-5-4-8-25-15-20)23-21-12-18(6-7-22(21)28-29-23)19-11-17(13-26-14-19)16-30-9-2-1-3-10-30/h4-8,11-15H,1-3,9-10,16H2,(H,27,31)(H,28,29)/i16D2. The number of hydrogen-bond donors (Lipinski definition) is 2. The molecule has 7 heteroatoms. The third kappa shape index (κ3) is 4.32. The van der Waals surface area contributed by atoms with E-state index in [2.05, 4.69) is 25.5 Å². The molecule has 1 aromatic carbocycles. The average Bonchev–Trinajstić information content (AvgIpc) is 3.29. The van der Waals surface area contributed by atoms with Gasteiger partial charge in [0, 0.05) is 38.8 Å². The maximum atomic E-state index is 12.8. The van der Waals surface area contributed by atoms with Crippen molar-refractivity contribution in [3.8, 4) is 11.1 Å². The summed E-state index contributed by atoms with van der Waals surface area (Å²) in [6.07, 6.45) is 9.69. The molecule has 1 fully saturated rings. The molecule has 1 saturated heterocycles. The number of amides is 1. The lowest BCUT2D eigenvalue weighted by atomic mass is 10.0. The molecule has 0 spiro atoms. The molecule has 3 aromatic heterocycles. The van der Waals surface area contributed by atoms with Gasteiger partial charge in [0.2, 0.25) is 0 Å². The summed E-state index contributed by atoms with van der Waals surface area (Å²) in [5.41, 5.74) is 3.76. The van der Waals surface area contributed by atoms with Gasteiger partial charge in [0.1, 0.15) is 0 Å². The van der Waals surface area contributed by atoms with Gasteiger partial charge in [0.05, 0.1) is 17.4 Å². The molecule has 1 amide bonds. The number of carbonyl (C=O) groups excluding carboxylic acids is 1. The van der Waals surface area contributed by atoms with Gasteiger partial charge in [-0.05, 0) is 67.4 Å². The van der Waals surface area contributed by atoms with Gasteiger partial charge in [0.15, 0.2) is 5.69 Å². The number of benzene rings is 1. The van der Waals surface area contributed by atoms with E-state index in [9.17, 15) is 4.79 Å². The Bertz CT molecular complexity index is 1280. The highest BCUT2D eigenvalue weighted by Gasteiger charge is 2.16. The molecule has 0 aliphatic carbocycles. The summed E-state index contributed by atoms with van der Waals surface area (Å²) >= 11 is 0. The Morgan fingerprint density at radius 2 is 1.97 bits per heavy atom. The number of pyridine rings is 2. The molecule has 4 aromatic rings. The number of aromatic nitrogens is 4. The minimum Gasteiger partial charge on any atom is -0.319 e. The smallest absolute Gasteiger partial charge is 0.276 e. The zero-order valence-electron chi connectivity index (χ0n) is 19.0. The van der Waals surface area contributed by atoms with Gasteiger partial charge in [-0.3, -0.25) is 24.8 Å². The molecule has 7 nitrogen and oxygen atoms in total. The van der Waals surface area contributed by atoms with Crippen molar-refractivity contribution in [1.82, 2.24) is 25.1 Å². The maximum Gasteiger partial charge on any atom is 0.276 e. The highest BCUT2D eigenvalue weighted by atomic mass is 16.1. The average molecular weight is 415 g/mol. The molecule has 1 aliphatic heterocycles. The molecular weight excluding hydrogens is 388 g/mol. The van der Waals surface area contributed by atoms with Crippen LogP contribution in [0.25, 0.3) is 22.0 Å². The van der Waals surface area contributed by atoms with E-state index in [-0.39, 0.29) is 11.6 Å². The van der Waals surface area contributed by atoms with Gasteiger partial charge >= 0.3 is 0 Å². The largest absolute Gasteiger partial charge is 0.319 e. The monoisotopic (exact) mass is 414 g/mol. The Balaban J connectivity index is 1.46. The van der Waals surface area contributed by atoms with Crippen LogP contribution in [0.1, 0.15) is 38.1 Å². The summed E-state index contributed by atoms with van der Waals surface area (Å²) in [6.45, 7) is -0.0981. The lowest BCUT2D eigenvalue weighted by Crippen LogP contribution is -2.29. The van der Waals surface area contributed by atoms with Crippen molar-refractivity contribution in [1.29, 1.82) is 0 Å². The molecule has 0 atom stereocenters. The van der Waals surface area contributed by atoms with Crippen molar-refractivity contribution in [2.75, 3.05) is 18.4 Å². The van der Waals surface area contributed by atoms with E-state index in [4.69, 9.17) is 2.74 Å². The van der Waals surface area contributed by atoms with Crippen LogP contribution >= 0.6 is 0 Å². The fourth-order valence-electron chi connectivity index (χ4n) is 3.84. The normalized spacial score (nSPS) is 16.0. The summed E-state index contributed by atoms with van der Waals surface area (Å²) in [7, 11) is 0. The summed E-state index contributed by atoms with van der Waals surface area (Å²) < 4.78 is 17.4. The van der Waals surface area contributed by atoms with Gasteiger partial charge in [-0.15, -0.1) is 0 Å². The number of H-pyrrole nitrogens is 1. The first kappa shape index (κ1) is 17.1. The molecule has 0 bridgehead atoms. The van der Waals surface area contributed by atoms with Gasteiger partial charge < -0.3 is 5.32 Å². The SMILES string of the molecule is [2H]C([2H])(c1cncc(-c2ccc3[nH]nc(C(=O)Nc4cccnc4)c3c2)c1)N1CCCCC1.